The Morgan fingerprint density at radius 2 is 2.00 bits per heavy atom. The van der Waals surface area contributed by atoms with Crippen LogP contribution in [0.25, 0.3) is 0 Å². The van der Waals surface area contributed by atoms with E-state index in [1.807, 2.05) is 0 Å². The summed E-state index contributed by atoms with van der Waals surface area (Å²) in [6.07, 6.45) is 0. The quantitative estimate of drug-likeness (QED) is 0.659. The molecule has 0 aliphatic carbocycles. The maximum Gasteiger partial charge on any atom is 0.265 e. The van der Waals surface area contributed by atoms with E-state index in [0.717, 1.165) is 17.1 Å². The van der Waals surface area contributed by atoms with E-state index >= 15 is 0 Å². The van der Waals surface area contributed by atoms with Gasteiger partial charge in [-0.3, -0.25) is 4.72 Å². The molecule has 0 aliphatic heterocycles. The lowest BCUT2D eigenvalue weighted by Crippen LogP contribution is -2.13. The number of methoxy groups -OCH3 is 1. The number of rotatable bonds is 7. The highest BCUT2D eigenvalue weighted by atomic mass is 35.5. The highest BCUT2D eigenvalue weighted by Crippen LogP contribution is 2.37. The molecule has 2 aromatic rings. The molecule has 11 heteroatoms. The molecule has 0 atom stereocenters. The summed E-state index contributed by atoms with van der Waals surface area (Å²) in [5, 5.41) is 7.90. The van der Waals surface area contributed by atoms with Crippen LogP contribution in [0.4, 0.5) is 5.13 Å². The van der Waals surface area contributed by atoms with Gasteiger partial charge in [-0.15, -0.1) is 10.2 Å². The summed E-state index contributed by atoms with van der Waals surface area (Å²) in [5.41, 5.74) is 0. The second-order valence-electron chi connectivity index (χ2n) is 5.08. The zero-order valence-corrected chi connectivity index (χ0v) is 17.0. The molecule has 1 aromatic heterocycles. The van der Waals surface area contributed by atoms with Crippen LogP contribution in [0, 0.1) is 5.92 Å². The minimum atomic E-state index is -3.93. The lowest BCUT2D eigenvalue weighted by molar-refractivity contribution is 0.414. The molecule has 0 unspecified atom stereocenters. The van der Waals surface area contributed by atoms with Crippen molar-refractivity contribution in [2.75, 3.05) is 17.6 Å². The summed E-state index contributed by atoms with van der Waals surface area (Å²) in [6, 6.07) is 2.76. The van der Waals surface area contributed by atoms with Gasteiger partial charge in [0.05, 0.1) is 12.1 Å². The fraction of sp³-hybridized carbons (Fsp3) is 0.385. The van der Waals surface area contributed by atoms with Gasteiger partial charge >= 0.3 is 0 Å². The number of anilines is 1. The average Bonchev–Trinajstić information content (AvgIpc) is 2.94. The molecule has 0 radical (unpaired) electrons. The third-order valence-corrected chi connectivity index (χ3v) is 7.58. The Bertz CT molecular complexity index is 825. The van der Waals surface area contributed by atoms with Crippen molar-refractivity contribution >= 4 is 61.5 Å². The highest BCUT2D eigenvalue weighted by molar-refractivity contribution is 8.01. The molecule has 132 valence electrons. The molecule has 0 aliphatic rings. The Morgan fingerprint density at radius 1 is 1.29 bits per heavy atom. The van der Waals surface area contributed by atoms with Gasteiger partial charge in [-0.05, 0) is 18.1 Å². The number of benzene rings is 1. The smallest absolute Gasteiger partial charge is 0.265 e. The van der Waals surface area contributed by atoms with E-state index in [9.17, 15) is 8.42 Å². The first-order valence-electron chi connectivity index (χ1n) is 6.75. The minimum Gasteiger partial charge on any atom is -0.495 e. The maximum absolute atomic E-state index is 12.5. The molecule has 0 amide bonds. The van der Waals surface area contributed by atoms with Crippen molar-refractivity contribution in [3.8, 4) is 5.75 Å². The SMILES string of the molecule is COc1ccc(S(=O)(=O)Nc2nnc(SCC(C)C)s2)c(Cl)c1Cl. The predicted molar refractivity (Wildman–Crippen MR) is 99.3 cm³/mol. The Labute approximate surface area is 159 Å². The molecular formula is C13H15Cl2N3O3S3. The highest BCUT2D eigenvalue weighted by Gasteiger charge is 2.23. The van der Waals surface area contributed by atoms with E-state index in [1.54, 1.807) is 0 Å². The number of hydrogen-bond donors (Lipinski definition) is 1. The van der Waals surface area contributed by atoms with Gasteiger partial charge in [-0.2, -0.15) is 0 Å². The number of thioether (sulfide) groups is 1. The van der Waals surface area contributed by atoms with Crippen molar-refractivity contribution in [1.82, 2.24) is 10.2 Å². The molecule has 0 saturated carbocycles. The Balaban J connectivity index is 2.22. The van der Waals surface area contributed by atoms with Crippen LogP contribution in [0.3, 0.4) is 0 Å². The molecule has 2 rings (SSSR count). The van der Waals surface area contributed by atoms with E-state index in [4.69, 9.17) is 27.9 Å². The Morgan fingerprint density at radius 3 is 2.62 bits per heavy atom. The van der Waals surface area contributed by atoms with Gasteiger partial charge in [0.2, 0.25) is 5.13 Å². The Hall–Kier alpha value is -0.740. The van der Waals surface area contributed by atoms with E-state index < -0.39 is 10.0 Å². The fourth-order valence-corrected chi connectivity index (χ4v) is 5.40. The number of sulfonamides is 1. The van der Waals surface area contributed by atoms with Crippen LogP contribution in [0.15, 0.2) is 21.4 Å². The first-order chi connectivity index (χ1) is 11.2. The van der Waals surface area contributed by atoms with Gasteiger partial charge < -0.3 is 4.74 Å². The van der Waals surface area contributed by atoms with Gasteiger partial charge in [0.25, 0.3) is 10.0 Å². The van der Waals surface area contributed by atoms with Crippen molar-refractivity contribution in [2.24, 2.45) is 5.92 Å². The number of nitrogens with one attached hydrogen (secondary N) is 1. The largest absolute Gasteiger partial charge is 0.495 e. The first-order valence-corrected chi connectivity index (χ1v) is 10.8. The van der Waals surface area contributed by atoms with E-state index in [1.165, 1.54) is 31.0 Å². The van der Waals surface area contributed by atoms with Crippen LogP contribution < -0.4 is 9.46 Å². The average molecular weight is 428 g/mol. The standard InChI is InChI=1S/C13H15Cl2N3O3S3/c1-7(2)6-22-13-17-16-12(23-13)18-24(19,20)9-5-4-8(21-3)10(14)11(9)15/h4-5,7H,6H2,1-3H3,(H,16,18). The van der Waals surface area contributed by atoms with Gasteiger partial charge in [0.1, 0.15) is 15.7 Å². The summed E-state index contributed by atoms with van der Waals surface area (Å²) >= 11 is 14.7. The van der Waals surface area contributed by atoms with Crippen LogP contribution >= 0.6 is 46.3 Å². The van der Waals surface area contributed by atoms with Crippen LogP contribution in [-0.2, 0) is 10.0 Å². The molecule has 0 spiro atoms. The summed E-state index contributed by atoms with van der Waals surface area (Å²) < 4.78 is 33.0. The van der Waals surface area contributed by atoms with Crippen LogP contribution in [0.5, 0.6) is 5.75 Å². The van der Waals surface area contributed by atoms with Crippen LogP contribution in [0.1, 0.15) is 13.8 Å². The third kappa shape index (κ3) is 4.66. The van der Waals surface area contributed by atoms with Gasteiger partial charge in [-0.1, -0.05) is 60.1 Å². The van der Waals surface area contributed by atoms with Crippen molar-refractivity contribution in [3.05, 3.63) is 22.2 Å². The summed E-state index contributed by atoms with van der Waals surface area (Å²) in [7, 11) is -2.51. The van der Waals surface area contributed by atoms with Crippen molar-refractivity contribution in [2.45, 2.75) is 23.1 Å². The molecule has 1 heterocycles. The second kappa shape index (κ2) is 8.09. The van der Waals surface area contributed by atoms with Gasteiger partial charge in [-0.25, -0.2) is 8.42 Å². The zero-order valence-electron chi connectivity index (χ0n) is 13.0. The molecule has 0 bridgehead atoms. The fourth-order valence-electron chi connectivity index (χ4n) is 1.60. The predicted octanol–water partition coefficient (Wildman–Crippen LogP) is 4.40. The molecule has 24 heavy (non-hydrogen) atoms. The molecule has 0 fully saturated rings. The van der Waals surface area contributed by atoms with Crippen LogP contribution in [-0.4, -0.2) is 31.5 Å². The zero-order chi connectivity index (χ0) is 17.9. The molecule has 6 nitrogen and oxygen atoms in total. The molecular weight excluding hydrogens is 413 g/mol. The van der Waals surface area contributed by atoms with Crippen molar-refractivity contribution in [1.29, 1.82) is 0 Å². The lowest BCUT2D eigenvalue weighted by atomic mass is 10.3. The maximum atomic E-state index is 12.5. The van der Waals surface area contributed by atoms with Crippen molar-refractivity contribution < 1.29 is 13.2 Å². The number of nitrogens with zero attached hydrogens (tertiary/aromatic N) is 2. The number of hydrogen-bond acceptors (Lipinski definition) is 7. The molecule has 1 N–H and O–H groups in total. The summed E-state index contributed by atoms with van der Waals surface area (Å²) in [4.78, 5) is -0.151. The van der Waals surface area contributed by atoms with Gasteiger partial charge in [0.15, 0.2) is 4.34 Å². The van der Waals surface area contributed by atoms with E-state index in [-0.39, 0.29) is 20.1 Å². The Kier molecular flexibility index (Phi) is 6.60. The van der Waals surface area contributed by atoms with E-state index in [2.05, 4.69) is 28.8 Å². The summed E-state index contributed by atoms with van der Waals surface area (Å²) in [6.45, 7) is 4.18. The monoisotopic (exact) mass is 427 g/mol. The number of halogens is 2. The van der Waals surface area contributed by atoms with Crippen LogP contribution in [0.2, 0.25) is 10.0 Å². The third-order valence-electron chi connectivity index (χ3n) is 2.69. The number of ether oxygens (including phenoxy) is 1. The number of aromatic nitrogens is 2. The second-order valence-corrected chi connectivity index (χ2v) is 9.73. The normalized spacial score (nSPS) is 11.8. The topological polar surface area (TPSA) is 81.2 Å². The molecule has 1 aromatic carbocycles. The molecule has 0 saturated heterocycles. The summed E-state index contributed by atoms with van der Waals surface area (Å²) in [5.74, 6) is 1.67. The van der Waals surface area contributed by atoms with Gasteiger partial charge in [0, 0.05) is 5.75 Å². The lowest BCUT2D eigenvalue weighted by Gasteiger charge is -2.10. The van der Waals surface area contributed by atoms with Crippen molar-refractivity contribution in [3.63, 3.8) is 0 Å². The minimum absolute atomic E-state index is 0.0347. The van der Waals surface area contributed by atoms with E-state index in [0.29, 0.717) is 16.0 Å². The first kappa shape index (κ1) is 19.6.